The third kappa shape index (κ3) is 3.52. The van der Waals surface area contributed by atoms with E-state index in [1.165, 1.54) is 0 Å². The van der Waals surface area contributed by atoms with E-state index in [0.717, 1.165) is 0 Å². The molecule has 90 valence electrons. The van der Waals surface area contributed by atoms with Crippen molar-refractivity contribution in [2.75, 3.05) is 0 Å². The Balaban J connectivity index is 2.71. The SMILES string of the molecule is CC(C)(C)C(=O)C(=O)NC(=O)c1ccccc1. The highest BCUT2D eigenvalue weighted by atomic mass is 16.2. The van der Waals surface area contributed by atoms with Gasteiger partial charge in [0, 0.05) is 11.0 Å². The van der Waals surface area contributed by atoms with E-state index < -0.39 is 23.0 Å². The largest absolute Gasteiger partial charge is 0.294 e. The Bertz CT molecular complexity index is 443. The monoisotopic (exact) mass is 233 g/mol. The van der Waals surface area contributed by atoms with Crippen LogP contribution < -0.4 is 5.32 Å². The number of hydrogen-bond donors (Lipinski definition) is 1. The summed E-state index contributed by atoms with van der Waals surface area (Å²) in [5.74, 6) is -2.04. The molecule has 17 heavy (non-hydrogen) atoms. The molecule has 0 saturated carbocycles. The average molecular weight is 233 g/mol. The Hall–Kier alpha value is -1.97. The Morgan fingerprint density at radius 2 is 1.53 bits per heavy atom. The van der Waals surface area contributed by atoms with Crippen LogP contribution in [0.15, 0.2) is 30.3 Å². The van der Waals surface area contributed by atoms with Crippen LogP contribution in [0.25, 0.3) is 0 Å². The van der Waals surface area contributed by atoms with Gasteiger partial charge >= 0.3 is 0 Å². The van der Waals surface area contributed by atoms with Crippen LogP contribution in [0.4, 0.5) is 0 Å². The van der Waals surface area contributed by atoms with Crippen LogP contribution in [-0.4, -0.2) is 17.6 Å². The maximum atomic E-state index is 11.6. The minimum Gasteiger partial charge on any atom is -0.288 e. The molecule has 0 spiro atoms. The number of hydrogen-bond acceptors (Lipinski definition) is 3. The van der Waals surface area contributed by atoms with Crippen molar-refractivity contribution in [2.45, 2.75) is 20.8 Å². The molecule has 4 nitrogen and oxygen atoms in total. The van der Waals surface area contributed by atoms with Gasteiger partial charge in [-0.2, -0.15) is 0 Å². The molecule has 1 rings (SSSR count). The number of nitrogens with one attached hydrogen (secondary N) is 1. The molecular formula is C13H15NO3. The maximum Gasteiger partial charge on any atom is 0.294 e. The molecular weight excluding hydrogens is 218 g/mol. The fourth-order valence-corrected chi connectivity index (χ4v) is 1.16. The van der Waals surface area contributed by atoms with Crippen LogP contribution in [0.1, 0.15) is 31.1 Å². The maximum absolute atomic E-state index is 11.6. The van der Waals surface area contributed by atoms with E-state index in [1.807, 2.05) is 0 Å². The highest BCUT2D eigenvalue weighted by Gasteiger charge is 2.29. The third-order valence-electron chi connectivity index (χ3n) is 2.15. The number of carbonyl (C=O) groups excluding carboxylic acids is 3. The number of carbonyl (C=O) groups is 3. The molecule has 1 aromatic carbocycles. The lowest BCUT2D eigenvalue weighted by Gasteiger charge is -2.15. The normalized spacial score (nSPS) is 10.8. The first-order chi connectivity index (χ1) is 7.82. The number of amides is 2. The van der Waals surface area contributed by atoms with Gasteiger partial charge < -0.3 is 0 Å². The lowest BCUT2D eigenvalue weighted by Crippen LogP contribution is -2.41. The summed E-state index contributed by atoms with van der Waals surface area (Å²) in [5.41, 5.74) is -0.441. The van der Waals surface area contributed by atoms with Crippen LogP contribution >= 0.6 is 0 Å². The van der Waals surface area contributed by atoms with Gasteiger partial charge in [-0.05, 0) is 12.1 Å². The molecule has 0 radical (unpaired) electrons. The standard InChI is InChI=1S/C13H15NO3/c1-13(2,3)10(15)12(17)14-11(16)9-7-5-4-6-8-9/h4-8H,1-3H3,(H,14,16,17). The summed E-state index contributed by atoms with van der Waals surface area (Å²) in [4.78, 5) is 34.7. The molecule has 2 amide bonds. The van der Waals surface area contributed by atoms with Gasteiger partial charge in [-0.1, -0.05) is 39.0 Å². The van der Waals surface area contributed by atoms with Crippen molar-refractivity contribution in [3.05, 3.63) is 35.9 Å². The van der Waals surface area contributed by atoms with Crippen LogP contribution in [0.3, 0.4) is 0 Å². The molecule has 0 bridgehead atoms. The van der Waals surface area contributed by atoms with Gasteiger partial charge in [0.2, 0.25) is 5.78 Å². The topological polar surface area (TPSA) is 63.2 Å². The molecule has 0 aliphatic heterocycles. The van der Waals surface area contributed by atoms with Crippen LogP contribution in [0.2, 0.25) is 0 Å². The van der Waals surface area contributed by atoms with Gasteiger partial charge in [0.15, 0.2) is 0 Å². The Labute approximate surface area is 100 Å². The first-order valence-electron chi connectivity index (χ1n) is 5.27. The lowest BCUT2D eigenvalue weighted by atomic mass is 9.90. The fraction of sp³-hybridized carbons (Fsp3) is 0.308. The quantitative estimate of drug-likeness (QED) is 0.788. The minimum absolute atomic E-state index is 0.350. The molecule has 0 fully saturated rings. The zero-order chi connectivity index (χ0) is 13.1. The number of Topliss-reactive ketones (excluding diaryl/α,β-unsaturated/α-hetero) is 1. The van der Waals surface area contributed by atoms with Gasteiger partial charge in [-0.15, -0.1) is 0 Å². The van der Waals surface area contributed by atoms with E-state index in [0.29, 0.717) is 5.56 Å². The molecule has 0 aliphatic rings. The first-order valence-corrected chi connectivity index (χ1v) is 5.27. The molecule has 0 saturated heterocycles. The van der Waals surface area contributed by atoms with E-state index in [2.05, 4.69) is 5.32 Å². The Kier molecular flexibility index (Phi) is 3.78. The van der Waals surface area contributed by atoms with Crippen molar-refractivity contribution in [2.24, 2.45) is 5.41 Å². The molecule has 0 aliphatic carbocycles. The molecule has 4 heteroatoms. The molecule has 1 N–H and O–H groups in total. The van der Waals surface area contributed by atoms with Crippen molar-refractivity contribution in [3.63, 3.8) is 0 Å². The highest BCUT2D eigenvalue weighted by Crippen LogP contribution is 2.14. The van der Waals surface area contributed by atoms with Crippen molar-refractivity contribution in [1.82, 2.24) is 5.32 Å². The number of rotatable bonds is 2. The summed E-state index contributed by atoms with van der Waals surface area (Å²) >= 11 is 0. The van der Waals surface area contributed by atoms with Gasteiger partial charge in [0.1, 0.15) is 0 Å². The van der Waals surface area contributed by atoms with Gasteiger partial charge in [-0.25, -0.2) is 0 Å². The summed E-state index contributed by atoms with van der Waals surface area (Å²) in [7, 11) is 0. The number of ketones is 1. The smallest absolute Gasteiger partial charge is 0.288 e. The second-order valence-electron chi connectivity index (χ2n) is 4.73. The summed E-state index contributed by atoms with van der Waals surface area (Å²) in [5, 5.41) is 2.08. The molecule has 0 unspecified atom stereocenters. The first kappa shape index (κ1) is 13.1. The highest BCUT2D eigenvalue weighted by molar-refractivity contribution is 6.40. The van der Waals surface area contributed by atoms with E-state index in [9.17, 15) is 14.4 Å². The predicted octanol–water partition coefficient (Wildman–Crippen LogP) is 1.56. The summed E-state index contributed by atoms with van der Waals surface area (Å²) < 4.78 is 0. The van der Waals surface area contributed by atoms with E-state index >= 15 is 0 Å². The summed E-state index contributed by atoms with van der Waals surface area (Å²) in [6.45, 7) is 4.88. The molecule has 0 heterocycles. The fourth-order valence-electron chi connectivity index (χ4n) is 1.16. The van der Waals surface area contributed by atoms with E-state index in [-0.39, 0.29) is 0 Å². The predicted molar refractivity (Wildman–Crippen MR) is 63.4 cm³/mol. The lowest BCUT2D eigenvalue weighted by molar-refractivity contribution is -0.141. The van der Waals surface area contributed by atoms with E-state index in [1.54, 1.807) is 51.1 Å². The Morgan fingerprint density at radius 1 is 1.00 bits per heavy atom. The molecule has 0 atom stereocenters. The number of imide groups is 1. The average Bonchev–Trinajstić information content (AvgIpc) is 2.27. The molecule has 1 aromatic rings. The van der Waals surface area contributed by atoms with Gasteiger partial charge in [-0.3, -0.25) is 19.7 Å². The van der Waals surface area contributed by atoms with E-state index in [4.69, 9.17) is 0 Å². The van der Waals surface area contributed by atoms with Gasteiger partial charge in [0.25, 0.3) is 11.8 Å². The second-order valence-corrected chi connectivity index (χ2v) is 4.73. The van der Waals surface area contributed by atoms with Crippen LogP contribution in [0, 0.1) is 5.41 Å². The summed E-state index contributed by atoms with van der Waals surface area (Å²) in [6, 6.07) is 8.28. The Morgan fingerprint density at radius 3 is 2.00 bits per heavy atom. The van der Waals surface area contributed by atoms with Crippen molar-refractivity contribution in [3.8, 4) is 0 Å². The van der Waals surface area contributed by atoms with Crippen LogP contribution in [-0.2, 0) is 9.59 Å². The zero-order valence-electron chi connectivity index (χ0n) is 10.1. The van der Waals surface area contributed by atoms with Crippen molar-refractivity contribution >= 4 is 17.6 Å². The van der Waals surface area contributed by atoms with Crippen molar-refractivity contribution in [1.29, 1.82) is 0 Å². The summed E-state index contributed by atoms with van der Waals surface area (Å²) in [6.07, 6.45) is 0. The second kappa shape index (κ2) is 4.91. The number of benzene rings is 1. The minimum atomic E-state index is -0.869. The molecule has 0 aromatic heterocycles. The third-order valence-corrected chi connectivity index (χ3v) is 2.15. The van der Waals surface area contributed by atoms with Crippen LogP contribution in [0.5, 0.6) is 0 Å². The zero-order valence-corrected chi connectivity index (χ0v) is 10.1. The van der Waals surface area contributed by atoms with Gasteiger partial charge in [0.05, 0.1) is 0 Å². The van der Waals surface area contributed by atoms with Crippen molar-refractivity contribution < 1.29 is 14.4 Å².